The molecule has 0 bridgehead atoms. The van der Waals surface area contributed by atoms with Crippen LogP contribution in [0.1, 0.15) is 71.6 Å². The van der Waals surface area contributed by atoms with Crippen LogP contribution in [0.2, 0.25) is 6.04 Å². The average molecular weight is 275 g/mol. The van der Waals surface area contributed by atoms with Crippen molar-refractivity contribution < 1.29 is 8.85 Å². The number of unbranched alkanes of at least 4 members (excludes halogenated alkanes) is 3. The van der Waals surface area contributed by atoms with Gasteiger partial charge in [0.25, 0.3) is 0 Å². The molecule has 18 heavy (non-hydrogen) atoms. The minimum atomic E-state index is -1.27. The monoisotopic (exact) mass is 274 g/mol. The van der Waals surface area contributed by atoms with Gasteiger partial charge in [0.05, 0.1) is 0 Å². The largest absolute Gasteiger partial charge is 0.400 e. The summed E-state index contributed by atoms with van der Waals surface area (Å²) in [5.41, 5.74) is 0. The fourth-order valence-electron chi connectivity index (χ4n) is 2.48. The fraction of sp³-hybridized carbons (Fsp3) is 1.00. The number of hydrogen-bond donors (Lipinski definition) is 0. The summed E-state index contributed by atoms with van der Waals surface area (Å²) >= 11 is 0. The molecule has 0 N–H and O–H groups in total. The van der Waals surface area contributed by atoms with Gasteiger partial charge >= 0.3 is 9.28 Å². The lowest BCUT2D eigenvalue weighted by Gasteiger charge is -2.23. The zero-order valence-electron chi connectivity index (χ0n) is 13.0. The highest BCUT2D eigenvalue weighted by molar-refractivity contribution is 6.44. The number of hydrogen-bond acceptors (Lipinski definition) is 2. The second kappa shape index (κ2) is 13.6. The van der Waals surface area contributed by atoms with Gasteiger partial charge in [-0.05, 0) is 12.0 Å². The average Bonchev–Trinajstić information content (AvgIpc) is 2.44. The van der Waals surface area contributed by atoms with Crippen molar-refractivity contribution in [3.8, 4) is 0 Å². The van der Waals surface area contributed by atoms with Gasteiger partial charge in [0, 0.05) is 14.2 Å². The van der Waals surface area contributed by atoms with Crippen LogP contribution >= 0.6 is 0 Å². The summed E-state index contributed by atoms with van der Waals surface area (Å²) in [7, 11) is 2.30. The van der Waals surface area contributed by atoms with Crippen molar-refractivity contribution >= 4 is 9.28 Å². The Balaban J connectivity index is 0.000000411. The van der Waals surface area contributed by atoms with Gasteiger partial charge in [-0.15, -0.1) is 0 Å². The van der Waals surface area contributed by atoms with Gasteiger partial charge in [-0.2, -0.15) is 0 Å². The van der Waals surface area contributed by atoms with E-state index in [0.717, 1.165) is 5.92 Å². The quantitative estimate of drug-likeness (QED) is 0.496. The molecule has 0 aromatic rings. The van der Waals surface area contributed by atoms with Crippen LogP contribution in [-0.2, 0) is 8.85 Å². The summed E-state index contributed by atoms with van der Waals surface area (Å²) in [6.45, 7) is 4.46. The Morgan fingerprint density at radius 3 is 1.78 bits per heavy atom. The molecule has 0 atom stereocenters. The van der Waals surface area contributed by atoms with Gasteiger partial charge in [0.1, 0.15) is 0 Å². The molecule has 0 heterocycles. The van der Waals surface area contributed by atoms with Gasteiger partial charge in [-0.25, -0.2) is 0 Å². The van der Waals surface area contributed by atoms with Crippen LogP contribution in [0.25, 0.3) is 0 Å². The molecule has 0 unspecified atom stereocenters. The third-order valence-corrected chi connectivity index (χ3v) is 5.84. The van der Waals surface area contributed by atoms with Crippen molar-refractivity contribution in [2.24, 2.45) is 5.92 Å². The summed E-state index contributed by atoms with van der Waals surface area (Å²) in [6.07, 6.45) is 12.6. The molecule has 0 aliphatic heterocycles. The van der Waals surface area contributed by atoms with Gasteiger partial charge in [0.15, 0.2) is 0 Å². The molecule has 1 aliphatic carbocycles. The smallest absolute Gasteiger partial charge is 0.321 e. The van der Waals surface area contributed by atoms with Crippen molar-refractivity contribution in [3.05, 3.63) is 0 Å². The molecule has 1 fully saturated rings. The van der Waals surface area contributed by atoms with Gasteiger partial charge in [-0.3, -0.25) is 0 Å². The van der Waals surface area contributed by atoms with E-state index in [9.17, 15) is 0 Å². The van der Waals surface area contributed by atoms with Crippen LogP contribution in [0.4, 0.5) is 0 Å². The molecule has 1 aliphatic rings. The van der Waals surface area contributed by atoms with E-state index in [4.69, 9.17) is 8.85 Å². The first-order chi connectivity index (χ1) is 8.78. The minimum absolute atomic E-state index is 0.898. The van der Waals surface area contributed by atoms with E-state index in [1.54, 1.807) is 14.2 Å². The summed E-state index contributed by atoms with van der Waals surface area (Å²) in [6, 6.07) is 1.22. The summed E-state index contributed by atoms with van der Waals surface area (Å²) in [5.74, 6) is 0.898. The Bertz CT molecular complexity index is 151. The highest BCUT2D eigenvalue weighted by Crippen LogP contribution is 2.27. The van der Waals surface area contributed by atoms with Crippen LogP contribution in [0.5, 0.6) is 0 Å². The van der Waals surface area contributed by atoms with E-state index in [1.807, 2.05) is 0 Å². The van der Waals surface area contributed by atoms with Crippen molar-refractivity contribution in [1.82, 2.24) is 0 Å². The maximum Gasteiger partial charge on any atom is 0.321 e. The van der Waals surface area contributed by atoms with Crippen molar-refractivity contribution in [3.63, 3.8) is 0 Å². The molecular weight excluding hydrogens is 240 g/mol. The second-order valence-electron chi connectivity index (χ2n) is 5.35. The maximum absolute atomic E-state index is 5.32. The molecule has 0 amide bonds. The first-order valence-corrected chi connectivity index (χ1v) is 9.59. The van der Waals surface area contributed by atoms with E-state index in [1.165, 1.54) is 63.8 Å². The maximum atomic E-state index is 5.32. The molecule has 0 spiro atoms. The van der Waals surface area contributed by atoms with Gasteiger partial charge in [0.2, 0.25) is 0 Å². The predicted octanol–water partition coefficient (Wildman–Crippen LogP) is 4.67. The second-order valence-corrected chi connectivity index (χ2v) is 7.62. The first kappa shape index (κ1) is 18.1. The van der Waals surface area contributed by atoms with E-state index >= 15 is 0 Å². The first-order valence-electron chi connectivity index (χ1n) is 7.84. The van der Waals surface area contributed by atoms with Crippen LogP contribution in [0.15, 0.2) is 0 Å². The van der Waals surface area contributed by atoms with Crippen LogP contribution in [-0.4, -0.2) is 23.5 Å². The Morgan fingerprint density at radius 2 is 1.39 bits per heavy atom. The Kier molecular flexibility index (Phi) is 13.7. The van der Waals surface area contributed by atoms with E-state index < -0.39 is 9.28 Å². The van der Waals surface area contributed by atoms with E-state index in [-0.39, 0.29) is 0 Å². The van der Waals surface area contributed by atoms with Crippen LogP contribution < -0.4 is 0 Å². The molecule has 1 saturated carbocycles. The zero-order chi connectivity index (χ0) is 13.6. The fourth-order valence-corrected chi connectivity index (χ4v) is 4.08. The lowest BCUT2D eigenvalue weighted by atomic mass is 9.91. The van der Waals surface area contributed by atoms with Crippen molar-refractivity contribution in [2.75, 3.05) is 14.2 Å². The third kappa shape index (κ3) is 10.1. The molecule has 0 saturated heterocycles. The molecular formula is C15H34O2Si. The zero-order valence-corrected chi connectivity index (χ0v) is 14.2. The minimum Gasteiger partial charge on any atom is -0.400 e. The Hall–Kier alpha value is 0.137. The predicted molar refractivity (Wildman–Crippen MR) is 82.4 cm³/mol. The summed E-state index contributed by atoms with van der Waals surface area (Å²) in [4.78, 5) is 0. The lowest BCUT2D eigenvalue weighted by Crippen LogP contribution is -2.23. The number of rotatable bonds is 7. The van der Waals surface area contributed by atoms with Crippen LogP contribution in [0, 0.1) is 5.92 Å². The SMILES string of the molecule is CCCCCC.CO[SiH](CC1CCCCC1)OC. The summed E-state index contributed by atoms with van der Waals surface area (Å²) < 4.78 is 10.6. The molecule has 0 radical (unpaired) electrons. The van der Waals surface area contributed by atoms with E-state index in [2.05, 4.69) is 13.8 Å². The van der Waals surface area contributed by atoms with Crippen molar-refractivity contribution in [1.29, 1.82) is 0 Å². The van der Waals surface area contributed by atoms with Gasteiger partial charge in [-0.1, -0.05) is 71.6 Å². The highest BCUT2D eigenvalue weighted by atomic mass is 28.3. The van der Waals surface area contributed by atoms with E-state index in [0.29, 0.717) is 0 Å². The highest BCUT2D eigenvalue weighted by Gasteiger charge is 2.20. The Morgan fingerprint density at radius 1 is 0.889 bits per heavy atom. The Labute approximate surface area is 116 Å². The molecule has 110 valence electrons. The third-order valence-electron chi connectivity index (χ3n) is 3.73. The van der Waals surface area contributed by atoms with Crippen molar-refractivity contribution in [2.45, 2.75) is 77.7 Å². The topological polar surface area (TPSA) is 18.5 Å². The molecule has 0 aromatic heterocycles. The van der Waals surface area contributed by atoms with Crippen LogP contribution in [0.3, 0.4) is 0 Å². The lowest BCUT2D eigenvalue weighted by molar-refractivity contribution is 0.259. The molecule has 1 rings (SSSR count). The summed E-state index contributed by atoms with van der Waals surface area (Å²) in [5, 5.41) is 0. The normalized spacial score (nSPS) is 16.5. The molecule has 3 heteroatoms. The molecule has 2 nitrogen and oxygen atoms in total. The van der Waals surface area contributed by atoms with Gasteiger partial charge < -0.3 is 8.85 Å². The standard InChI is InChI=1S/C9H20O2Si.C6H14/c1-10-12(11-2)8-9-6-4-3-5-7-9;1-3-5-6-4-2/h9,12H,3-8H2,1-2H3;3-6H2,1-2H3. The molecule has 0 aromatic carbocycles.